The molecule has 1 aliphatic heterocycles. The molecule has 2 amide bonds. The van der Waals surface area contributed by atoms with Crippen LogP contribution in [-0.4, -0.2) is 58.0 Å². The second-order valence-electron chi connectivity index (χ2n) is 6.40. The first-order valence-corrected chi connectivity index (χ1v) is 8.53. The molecule has 0 spiro atoms. The smallest absolute Gasteiger partial charge is 0.257 e. The molecule has 2 aromatic rings. The molecule has 2 aromatic carbocycles. The third-order valence-electron chi connectivity index (χ3n) is 4.49. The molecule has 0 aliphatic carbocycles. The predicted molar refractivity (Wildman–Crippen MR) is 92.5 cm³/mol. The molecule has 148 valence electrons. The van der Waals surface area contributed by atoms with E-state index in [4.69, 9.17) is 0 Å². The van der Waals surface area contributed by atoms with Crippen molar-refractivity contribution in [1.29, 1.82) is 0 Å². The van der Waals surface area contributed by atoms with Crippen molar-refractivity contribution in [2.75, 3.05) is 26.2 Å². The lowest BCUT2D eigenvalue weighted by Crippen LogP contribution is -2.37. The minimum absolute atomic E-state index is 0.0633. The number of phenols is 2. The Morgan fingerprint density at radius 1 is 0.786 bits per heavy atom. The first kappa shape index (κ1) is 19.5. The van der Waals surface area contributed by atoms with E-state index in [0.717, 1.165) is 12.1 Å². The van der Waals surface area contributed by atoms with Gasteiger partial charge in [-0.3, -0.25) is 9.59 Å². The van der Waals surface area contributed by atoms with Crippen LogP contribution < -0.4 is 0 Å². The van der Waals surface area contributed by atoms with Gasteiger partial charge in [0.05, 0.1) is 5.56 Å². The summed E-state index contributed by atoms with van der Waals surface area (Å²) in [4.78, 5) is 27.8. The molecular weight excluding hydrogens is 377 g/mol. The predicted octanol–water partition coefficient (Wildman–Crippen LogP) is 2.50. The third kappa shape index (κ3) is 3.88. The first-order valence-electron chi connectivity index (χ1n) is 8.53. The number of aromatic hydroxyl groups is 2. The number of benzene rings is 2. The summed E-state index contributed by atoms with van der Waals surface area (Å²) >= 11 is 0. The second-order valence-corrected chi connectivity index (χ2v) is 6.40. The Morgan fingerprint density at radius 2 is 1.36 bits per heavy atom. The average Bonchev–Trinajstić information content (AvgIpc) is 2.90. The molecule has 9 heteroatoms. The summed E-state index contributed by atoms with van der Waals surface area (Å²) in [7, 11) is 0. The maximum atomic E-state index is 13.9. The third-order valence-corrected chi connectivity index (χ3v) is 4.49. The molecule has 1 aliphatic rings. The Balaban J connectivity index is 1.73. The van der Waals surface area contributed by atoms with Crippen molar-refractivity contribution in [1.82, 2.24) is 9.80 Å². The van der Waals surface area contributed by atoms with Gasteiger partial charge in [-0.2, -0.15) is 0 Å². The van der Waals surface area contributed by atoms with E-state index >= 15 is 0 Å². The largest absolute Gasteiger partial charge is 0.508 e. The van der Waals surface area contributed by atoms with Gasteiger partial charge in [-0.05, 0) is 30.7 Å². The molecule has 0 saturated carbocycles. The highest BCUT2D eigenvalue weighted by atomic mass is 19.2. The molecule has 2 N–H and O–H groups in total. The summed E-state index contributed by atoms with van der Waals surface area (Å²) in [5.74, 6) is -6.39. The van der Waals surface area contributed by atoms with E-state index in [1.165, 1.54) is 21.9 Å². The monoisotopic (exact) mass is 394 g/mol. The zero-order chi connectivity index (χ0) is 20.4. The molecule has 28 heavy (non-hydrogen) atoms. The van der Waals surface area contributed by atoms with Crippen molar-refractivity contribution in [3.63, 3.8) is 0 Å². The summed E-state index contributed by atoms with van der Waals surface area (Å²) in [6, 6.07) is 5.10. The van der Waals surface area contributed by atoms with Gasteiger partial charge in [0, 0.05) is 37.8 Å². The van der Waals surface area contributed by atoms with Crippen molar-refractivity contribution in [2.45, 2.75) is 6.42 Å². The van der Waals surface area contributed by atoms with E-state index in [-0.39, 0.29) is 36.7 Å². The van der Waals surface area contributed by atoms with Gasteiger partial charge >= 0.3 is 0 Å². The first-order chi connectivity index (χ1) is 13.3. The lowest BCUT2D eigenvalue weighted by molar-refractivity contribution is 0.0715. The molecule has 1 fully saturated rings. The number of hydrogen-bond donors (Lipinski definition) is 2. The number of phenolic OH excluding ortho intramolecular Hbond substituents is 2. The van der Waals surface area contributed by atoms with Crippen LogP contribution in [0, 0.1) is 17.5 Å². The normalized spacial score (nSPS) is 14.7. The molecule has 0 unspecified atom stereocenters. The number of carbonyl (C=O) groups excluding carboxylic acids is 2. The molecule has 0 aromatic heterocycles. The number of amides is 2. The van der Waals surface area contributed by atoms with Gasteiger partial charge in [-0.15, -0.1) is 0 Å². The van der Waals surface area contributed by atoms with Gasteiger partial charge in [-0.25, -0.2) is 13.2 Å². The number of nitrogens with zero attached hydrogens (tertiary/aromatic N) is 2. The Bertz CT molecular complexity index is 915. The van der Waals surface area contributed by atoms with E-state index in [9.17, 15) is 33.0 Å². The van der Waals surface area contributed by atoms with Crippen LogP contribution in [0.3, 0.4) is 0 Å². The summed E-state index contributed by atoms with van der Waals surface area (Å²) in [6.45, 7) is 0.672. The summed E-state index contributed by atoms with van der Waals surface area (Å²) < 4.78 is 40.4. The maximum absolute atomic E-state index is 13.9. The minimum Gasteiger partial charge on any atom is -0.508 e. The molecule has 0 radical (unpaired) electrons. The van der Waals surface area contributed by atoms with Crippen LogP contribution in [-0.2, 0) is 0 Å². The van der Waals surface area contributed by atoms with E-state index in [0.29, 0.717) is 19.0 Å². The number of halogens is 3. The van der Waals surface area contributed by atoms with Crippen molar-refractivity contribution < 1.29 is 33.0 Å². The second kappa shape index (κ2) is 7.79. The van der Waals surface area contributed by atoms with E-state index in [1.54, 1.807) is 0 Å². The number of hydrogen-bond acceptors (Lipinski definition) is 4. The summed E-state index contributed by atoms with van der Waals surface area (Å²) in [5.41, 5.74) is -0.486. The Labute approximate surface area is 158 Å². The van der Waals surface area contributed by atoms with Crippen molar-refractivity contribution in [3.8, 4) is 11.5 Å². The highest BCUT2D eigenvalue weighted by Gasteiger charge is 2.27. The lowest BCUT2D eigenvalue weighted by atomic mass is 10.1. The SMILES string of the molecule is O=C(c1cc(O)cc(O)c1)N1CCCN(C(=O)c2ccc(F)c(F)c2F)CC1. The van der Waals surface area contributed by atoms with E-state index < -0.39 is 34.8 Å². The standard InChI is InChI=1S/C19H17F3N2O4/c20-15-3-2-14(16(21)17(15)22)19(28)24-5-1-4-23(6-7-24)18(27)11-8-12(25)10-13(26)9-11/h2-3,8-10,25-26H,1,4-7H2. The zero-order valence-corrected chi connectivity index (χ0v) is 14.7. The zero-order valence-electron chi connectivity index (χ0n) is 14.7. The Kier molecular flexibility index (Phi) is 5.43. The van der Waals surface area contributed by atoms with Gasteiger partial charge in [0.15, 0.2) is 17.5 Å². The van der Waals surface area contributed by atoms with Gasteiger partial charge in [0.25, 0.3) is 11.8 Å². The fraction of sp³-hybridized carbons (Fsp3) is 0.263. The summed E-state index contributed by atoms with van der Waals surface area (Å²) in [6.07, 6.45) is 0.383. The molecule has 3 rings (SSSR count). The Morgan fingerprint density at radius 3 is 1.96 bits per heavy atom. The van der Waals surface area contributed by atoms with E-state index in [2.05, 4.69) is 0 Å². The molecule has 0 bridgehead atoms. The van der Waals surface area contributed by atoms with Crippen LogP contribution in [0.25, 0.3) is 0 Å². The lowest BCUT2D eigenvalue weighted by Gasteiger charge is -2.22. The van der Waals surface area contributed by atoms with Crippen LogP contribution in [0.2, 0.25) is 0 Å². The maximum Gasteiger partial charge on any atom is 0.257 e. The average molecular weight is 394 g/mol. The van der Waals surface area contributed by atoms with Gasteiger partial charge in [0.2, 0.25) is 0 Å². The summed E-state index contributed by atoms with van der Waals surface area (Å²) in [5, 5.41) is 19.1. The van der Waals surface area contributed by atoms with Gasteiger partial charge < -0.3 is 20.0 Å². The van der Waals surface area contributed by atoms with Crippen LogP contribution in [0.15, 0.2) is 30.3 Å². The molecular formula is C19H17F3N2O4. The molecule has 1 heterocycles. The Hall–Kier alpha value is -3.23. The molecule has 1 saturated heterocycles. The highest BCUT2D eigenvalue weighted by molar-refractivity contribution is 5.96. The number of rotatable bonds is 2. The topological polar surface area (TPSA) is 81.1 Å². The van der Waals surface area contributed by atoms with Gasteiger partial charge in [-0.1, -0.05) is 0 Å². The van der Waals surface area contributed by atoms with Crippen LogP contribution in [0.5, 0.6) is 11.5 Å². The highest BCUT2D eigenvalue weighted by Crippen LogP contribution is 2.22. The minimum atomic E-state index is -1.71. The van der Waals surface area contributed by atoms with Gasteiger partial charge in [0.1, 0.15) is 11.5 Å². The van der Waals surface area contributed by atoms with Crippen molar-refractivity contribution in [3.05, 3.63) is 58.9 Å². The van der Waals surface area contributed by atoms with E-state index in [1.807, 2.05) is 0 Å². The van der Waals surface area contributed by atoms with Crippen molar-refractivity contribution in [2.24, 2.45) is 0 Å². The molecule has 0 atom stereocenters. The number of carbonyl (C=O) groups is 2. The quantitative estimate of drug-likeness (QED) is 0.767. The fourth-order valence-electron chi connectivity index (χ4n) is 3.09. The molecule has 6 nitrogen and oxygen atoms in total. The van der Waals surface area contributed by atoms with Crippen LogP contribution >= 0.6 is 0 Å². The van der Waals surface area contributed by atoms with Crippen LogP contribution in [0.1, 0.15) is 27.1 Å². The van der Waals surface area contributed by atoms with Crippen molar-refractivity contribution >= 4 is 11.8 Å². The van der Waals surface area contributed by atoms with Crippen LogP contribution in [0.4, 0.5) is 13.2 Å². The fourth-order valence-corrected chi connectivity index (χ4v) is 3.09.